The van der Waals surface area contributed by atoms with E-state index in [9.17, 15) is 9.59 Å². The van der Waals surface area contributed by atoms with Gasteiger partial charge >= 0.3 is 0 Å². The number of carbonyl (C=O) groups excluding carboxylic acids is 2. The number of anilines is 1. The van der Waals surface area contributed by atoms with Crippen LogP contribution in [0.5, 0.6) is 5.75 Å². The molecule has 2 rings (SSSR count). The Hall–Kier alpha value is -2.83. The maximum absolute atomic E-state index is 12.4. The number of benzene rings is 1. The molecular formula is C18H23N3O4. The summed E-state index contributed by atoms with van der Waals surface area (Å²) in [5.74, 6) is 0.842. The Morgan fingerprint density at radius 2 is 2.00 bits per heavy atom. The number of amides is 2. The van der Waals surface area contributed by atoms with Crippen LogP contribution in [0.15, 0.2) is 34.9 Å². The Labute approximate surface area is 146 Å². The third kappa shape index (κ3) is 4.82. The fourth-order valence-corrected chi connectivity index (χ4v) is 2.17. The van der Waals surface area contributed by atoms with E-state index in [0.717, 1.165) is 11.3 Å². The molecule has 2 N–H and O–H groups in total. The van der Waals surface area contributed by atoms with Crippen LogP contribution >= 0.6 is 0 Å². The number of aryl methyl sites for hydroxylation is 1. The van der Waals surface area contributed by atoms with Gasteiger partial charge in [0.25, 0.3) is 0 Å². The van der Waals surface area contributed by atoms with Crippen LogP contribution in [0.4, 0.5) is 5.82 Å². The lowest BCUT2D eigenvalue weighted by atomic mass is 9.91. The van der Waals surface area contributed by atoms with Gasteiger partial charge in [-0.1, -0.05) is 17.3 Å². The van der Waals surface area contributed by atoms with Gasteiger partial charge in [-0.2, -0.15) is 0 Å². The number of ether oxygens (including phenoxy) is 1. The van der Waals surface area contributed by atoms with E-state index in [1.54, 1.807) is 33.9 Å². The second-order valence-corrected chi connectivity index (χ2v) is 6.26. The summed E-state index contributed by atoms with van der Waals surface area (Å²) in [6, 6.07) is 9.22. The molecule has 1 aromatic carbocycles. The first-order valence-electron chi connectivity index (χ1n) is 7.99. The van der Waals surface area contributed by atoms with E-state index in [1.165, 1.54) is 0 Å². The fraction of sp³-hybridized carbons (Fsp3) is 0.389. The molecule has 0 aliphatic carbocycles. The first-order chi connectivity index (χ1) is 11.8. The minimum atomic E-state index is -1.23. The highest BCUT2D eigenvalue weighted by Gasteiger charge is 2.36. The lowest BCUT2D eigenvalue weighted by Crippen LogP contribution is -2.45. The Bertz CT molecular complexity index is 752. The summed E-state index contributed by atoms with van der Waals surface area (Å²) < 4.78 is 10.1. The van der Waals surface area contributed by atoms with Crippen molar-refractivity contribution in [2.24, 2.45) is 5.41 Å². The largest absolute Gasteiger partial charge is 0.497 e. The number of nitrogens with zero attached hydrogens (tertiary/aromatic N) is 1. The Morgan fingerprint density at radius 3 is 2.64 bits per heavy atom. The molecular weight excluding hydrogens is 322 g/mol. The van der Waals surface area contributed by atoms with Gasteiger partial charge in [-0.3, -0.25) is 9.59 Å². The monoisotopic (exact) mass is 345 g/mol. The summed E-state index contributed by atoms with van der Waals surface area (Å²) in [5.41, 5.74) is -0.193. The fourth-order valence-electron chi connectivity index (χ4n) is 2.17. The maximum Gasteiger partial charge on any atom is 0.240 e. The van der Waals surface area contributed by atoms with Gasteiger partial charge in [-0.15, -0.1) is 0 Å². The van der Waals surface area contributed by atoms with Crippen molar-refractivity contribution in [2.75, 3.05) is 19.0 Å². The first kappa shape index (κ1) is 18.5. The molecule has 134 valence electrons. The highest BCUT2D eigenvalue weighted by Crippen LogP contribution is 2.19. The van der Waals surface area contributed by atoms with Crippen LogP contribution in [0.1, 0.15) is 25.2 Å². The van der Waals surface area contributed by atoms with Crippen LogP contribution in [0, 0.1) is 12.3 Å². The minimum Gasteiger partial charge on any atom is -0.497 e. The summed E-state index contributed by atoms with van der Waals surface area (Å²) in [6.07, 6.45) is 0.642. The topological polar surface area (TPSA) is 93.5 Å². The molecule has 0 aliphatic heterocycles. The molecule has 0 saturated carbocycles. The molecule has 25 heavy (non-hydrogen) atoms. The van der Waals surface area contributed by atoms with Crippen LogP contribution in [0.2, 0.25) is 0 Å². The first-order valence-corrected chi connectivity index (χ1v) is 7.99. The summed E-state index contributed by atoms with van der Waals surface area (Å²) in [6.45, 7) is 5.27. The lowest BCUT2D eigenvalue weighted by molar-refractivity contribution is -0.138. The molecule has 2 aromatic rings. The van der Waals surface area contributed by atoms with E-state index in [1.807, 2.05) is 24.3 Å². The second kappa shape index (κ2) is 7.83. The normalized spacial score (nSPS) is 11.0. The molecule has 0 fully saturated rings. The molecule has 1 aromatic heterocycles. The quantitative estimate of drug-likeness (QED) is 0.751. The molecule has 2 amide bonds. The van der Waals surface area contributed by atoms with E-state index in [0.29, 0.717) is 24.5 Å². The maximum atomic E-state index is 12.4. The third-order valence-corrected chi connectivity index (χ3v) is 3.84. The van der Waals surface area contributed by atoms with Crippen molar-refractivity contribution < 1.29 is 18.8 Å². The van der Waals surface area contributed by atoms with Crippen LogP contribution in [-0.2, 0) is 16.0 Å². The zero-order valence-corrected chi connectivity index (χ0v) is 14.9. The van der Waals surface area contributed by atoms with Crippen molar-refractivity contribution in [3.05, 3.63) is 41.7 Å². The minimum absolute atomic E-state index is 0.291. The van der Waals surface area contributed by atoms with E-state index < -0.39 is 11.3 Å². The average molecular weight is 345 g/mol. The summed E-state index contributed by atoms with van der Waals surface area (Å²) in [7, 11) is 1.61. The molecule has 0 unspecified atom stereocenters. The predicted octanol–water partition coefficient (Wildman–Crippen LogP) is 2.32. The van der Waals surface area contributed by atoms with Crippen LogP contribution in [0.3, 0.4) is 0 Å². The molecule has 0 atom stereocenters. The third-order valence-electron chi connectivity index (χ3n) is 3.84. The van der Waals surface area contributed by atoms with Crippen molar-refractivity contribution >= 4 is 17.6 Å². The Balaban J connectivity index is 1.88. The number of methoxy groups -OCH3 is 1. The van der Waals surface area contributed by atoms with Crippen molar-refractivity contribution in [3.63, 3.8) is 0 Å². The highest BCUT2D eigenvalue weighted by atomic mass is 16.5. The summed E-state index contributed by atoms with van der Waals surface area (Å²) >= 11 is 0. The summed E-state index contributed by atoms with van der Waals surface area (Å²) in [4.78, 5) is 24.7. The number of carbonyl (C=O) groups is 2. The average Bonchev–Trinajstić information content (AvgIpc) is 2.99. The zero-order valence-electron chi connectivity index (χ0n) is 14.9. The van der Waals surface area contributed by atoms with Gasteiger partial charge in [0.1, 0.15) is 16.9 Å². The van der Waals surface area contributed by atoms with Gasteiger partial charge in [0, 0.05) is 12.6 Å². The van der Waals surface area contributed by atoms with Crippen LogP contribution in [-0.4, -0.2) is 30.6 Å². The van der Waals surface area contributed by atoms with Crippen molar-refractivity contribution in [1.82, 2.24) is 10.5 Å². The van der Waals surface area contributed by atoms with Gasteiger partial charge in [-0.05, 0) is 44.9 Å². The summed E-state index contributed by atoms with van der Waals surface area (Å²) in [5, 5.41) is 9.08. The van der Waals surface area contributed by atoms with E-state index in [2.05, 4.69) is 15.8 Å². The number of nitrogens with one attached hydrogen (secondary N) is 2. The highest BCUT2D eigenvalue weighted by molar-refractivity contribution is 6.09. The lowest BCUT2D eigenvalue weighted by Gasteiger charge is -2.22. The van der Waals surface area contributed by atoms with Gasteiger partial charge in [0.05, 0.1) is 7.11 Å². The second-order valence-electron chi connectivity index (χ2n) is 6.26. The van der Waals surface area contributed by atoms with Crippen molar-refractivity contribution in [1.29, 1.82) is 0 Å². The smallest absolute Gasteiger partial charge is 0.240 e. The molecule has 0 spiro atoms. The number of hydrogen-bond acceptors (Lipinski definition) is 5. The molecule has 1 heterocycles. The van der Waals surface area contributed by atoms with E-state index in [-0.39, 0.29) is 5.91 Å². The number of rotatable bonds is 7. The van der Waals surface area contributed by atoms with E-state index >= 15 is 0 Å². The van der Waals surface area contributed by atoms with Gasteiger partial charge in [0.15, 0.2) is 5.82 Å². The molecule has 0 radical (unpaired) electrons. The van der Waals surface area contributed by atoms with Gasteiger partial charge in [0.2, 0.25) is 11.8 Å². The Kier molecular flexibility index (Phi) is 5.80. The standard InChI is InChI=1S/C18H23N3O4/c1-12-10-15(21-25-12)20-17(23)18(2,3)16(22)19-9-8-13-6-5-7-14(11-13)24-4/h5-7,10-11H,8-9H2,1-4H3,(H,19,22)(H,20,21,23). The van der Waals surface area contributed by atoms with Gasteiger partial charge < -0.3 is 19.9 Å². The van der Waals surface area contributed by atoms with Crippen LogP contribution in [0.25, 0.3) is 0 Å². The number of aromatic nitrogens is 1. The molecule has 0 saturated heterocycles. The van der Waals surface area contributed by atoms with Crippen molar-refractivity contribution in [3.8, 4) is 5.75 Å². The Morgan fingerprint density at radius 1 is 1.24 bits per heavy atom. The van der Waals surface area contributed by atoms with Crippen LogP contribution < -0.4 is 15.4 Å². The molecule has 0 bridgehead atoms. The van der Waals surface area contributed by atoms with E-state index in [4.69, 9.17) is 9.26 Å². The number of hydrogen-bond donors (Lipinski definition) is 2. The molecule has 0 aliphatic rings. The van der Waals surface area contributed by atoms with Crippen molar-refractivity contribution in [2.45, 2.75) is 27.2 Å². The molecule has 7 heteroatoms. The predicted molar refractivity (Wildman–Crippen MR) is 93.4 cm³/mol. The van der Waals surface area contributed by atoms with Gasteiger partial charge in [-0.25, -0.2) is 0 Å². The SMILES string of the molecule is COc1cccc(CCNC(=O)C(C)(C)C(=O)Nc2cc(C)on2)c1. The molecule has 7 nitrogen and oxygen atoms in total. The zero-order chi connectivity index (χ0) is 18.4.